The number of nitrogens with zero attached hydrogens (tertiary/aromatic N) is 1. The fourth-order valence-corrected chi connectivity index (χ4v) is 4.21. The van der Waals surface area contributed by atoms with Gasteiger partial charge in [0.15, 0.2) is 0 Å². The van der Waals surface area contributed by atoms with Gasteiger partial charge in [-0.2, -0.15) is 4.98 Å². The number of hydrogen-bond donors (Lipinski definition) is 1. The summed E-state index contributed by atoms with van der Waals surface area (Å²) < 4.78 is 58.6. The van der Waals surface area contributed by atoms with E-state index in [0.717, 1.165) is 11.1 Å². The first-order chi connectivity index (χ1) is 14.8. The van der Waals surface area contributed by atoms with E-state index in [9.17, 15) is 17.2 Å². The molecule has 4 rings (SSSR count). The minimum absolute atomic E-state index is 0.0345. The third kappa shape index (κ3) is 4.49. The highest BCUT2D eigenvalue weighted by molar-refractivity contribution is 7.91. The van der Waals surface area contributed by atoms with Gasteiger partial charge in [-0.3, -0.25) is 0 Å². The second-order valence-corrected chi connectivity index (χ2v) is 8.82. The number of aromatic nitrogens is 1. The molecule has 1 heterocycles. The Morgan fingerprint density at radius 3 is 2.06 bits per heavy atom. The molecule has 1 aromatic heterocycles. The van der Waals surface area contributed by atoms with Gasteiger partial charge in [0.05, 0.1) is 4.90 Å². The Morgan fingerprint density at radius 1 is 0.871 bits per heavy atom. The van der Waals surface area contributed by atoms with Crippen molar-refractivity contribution >= 4 is 15.7 Å². The lowest BCUT2D eigenvalue weighted by Crippen LogP contribution is -2.07. The number of hydrogen-bond acceptors (Lipinski definition) is 5. The van der Waals surface area contributed by atoms with Crippen LogP contribution in [0.15, 0.2) is 87.1 Å². The van der Waals surface area contributed by atoms with E-state index in [-0.39, 0.29) is 34.1 Å². The standard InChI is InChI=1S/C23H18F2N2O3S/c1-15-2-12-20(13-3-15)31(28,29)23-22(26-14-16-4-8-18(24)9-5-16)30-21(27-23)17-6-10-19(25)11-7-17/h2-13,26H,14H2,1H3. The van der Waals surface area contributed by atoms with Crippen molar-refractivity contribution < 1.29 is 21.6 Å². The summed E-state index contributed by atoms with van der Waals surface area (Å²) in [5, 5.41) is 2.65. The largest absolute Gasteiger partial charge is 0.419 e. The summed E-state index contributed by atoms with van der Waals surface area (Å²) >= 11 is 0. The molecule has 0 aliphatic rings. The molecule has 0 aliphatic carbocycles. The Morgan fingerprint density at radius 2 is 1.45 bits per heavy atom. The van der Waals surface area contributed by atoms with Crippen LogP contribution < -0.4 is 5.32 Å². The Bertz CT molecular complexity index is 1300. The predicted octanol–water partition coefficient (Wildman–Crippen LogP) is 5.37. The molecule has 4 aromatic rings. The molecule has 0 bridgehead atoms. The predicted molar refractivity (Wildman–Crippen MR) is 112 cm³/mol. The van der Waals surface area contributed by atoms with E-state index < -0.39 is 15.7 Å². The molecule has 8 heteroatoms. The first-order valence-corrected chi connectivity index (χ1v) is 10.9. The molecule has 31 heavy (non-hydrogen) atoms. The summed E-state index contributed by atoms with van der Waals surface area (Å²) in [6, 6.07) is 17.5. The van der Waals surface area contributed by atoms with Gasteiger partial charge in [-0.25, -0.2) is 17.2 Å². The van der Waals surface area contributed by atoms with E-state index in [1.165, 1.54) is 48.5 Å². The van der Waals surface area contributed by atoms with E-state index >= 15 is 0 Å². The first-order valence-electron chi connectivity index (χ1n) is 9.40. The molecule has 158 valence electrons. The van der Waals surface area contributed by atoms with Gasteiger partial charge < -0.3 is 9.73 Å². The zero-order valence-corrected chi connectivity index (χ0v) is 17.3. The topological polar surface area (TPSA) is 72.2 Å². The number of sulfone groups is 1. The Balaban J connectivity index is 1.74. The molecular weight excluding hydrogens is 422 g/mol. The SMILES string of the molecule is Cc1ccc(S(=O)(=O)c2nc(-c3ccc(F)cc3)oc2NCc2ccc(F)cc2)cc1. The van der Waals surface area contributed by atoms with E-state index in [2.05, 4.69) is 10.3 Å². The van der Waals surface area contributed by atoms with Crippen molar-refractivity contribution in [1.82, 2.24) is 4.98 Å². The van der Waals surface area contributed by atoms with E-state index in [1.54, 1.807) is 24.3 Å². The number of halogens is 2. The van der Waals surface area contributed by atoms with Crippen molar-refractivity contribution in [2.75, 3.05) is 5.32 Å². The molecule has 0 fully saturated rings. The maximum absolute atomic E-state index is 13.3. The first kappa shape index (κ1) is 20.7. The van der Waals surface area contributed by atoms with Crippen LogP contribution in [0.4, 0.5) is 14.7 Å². The molecule has 0 saturated heterocycles. The molecular formula is C23H18F2N2O3S. The van der Waals surface area contributed by atoms with E-state index in [4.69, 9.17) is 4.42 Å². The summed E-state index contributed by atoms with van der Waals surface area (Å²) in [7, 11) is -3.99. The van der Waals surface area contributed by atoms with Gasteiger partial charge in [0.1, 0.15) is 11.6 Å². The van der Waals surface area contributed by atoms with Crippen LogP contribution in [0, 0.1) is 18.6 Å². The number of benzene rings is 3. The number of nitrogens with one attached hydrogen (secondary N) is 1. The fraction of sp³-hybridized carbons (Fsp3) is 0.0870. The van der Waals surface area contributed by atoms with E-state index in [1.807, 2.05) is 6.92 Å². The summed E-state index contributed by atoms with van der Waals surface area (Å²) in [5.41, 5.74) is 2.07. The van der Waals surface area contributed by atoms with Crippen LogP contribution in [0.3, 0.4) is 0 Å². The molecule has 0 spiro atoms. The van der Waals surface area contributed by atoms with Gasteiger partial charge in [-0.15, -0.1) is 0 Å². The van der Waals surface area contributed by atoms with Crippen molar-refractivity contribution in [1.29, 1.82) is 0 Å². The molecule has 0 saturated carbocycles. The molecule has 0 atom stereocenters. The molecule has 0 unspecified atom stereocenters. The molecule has 0 aliphatic heterocycles. The Labute approximate surface area is 178 Å². The fourth-order valence-electron chi connectivity index (χ4n) is 2.93. The van der Waals surface area contributed by atoms with Crippen LogP contribution >= 0.6 is 0 Å². The van der Waals surface area contributed by atoms with Crippen LogP contribution in [0.25, 0.3) is 11.5 Å². The number of aryl methyl sites for hydroxylation is 1. The lowest BCUT2D eigenvalue weighted by atomic mass is 10.2. The minimum atomic E-state index is -3.99. The second kappa shape index (κ2) is 8.31. The molecule has 0 radical (unpaired) electrons. The lowest BCUT2D eigenvalue weighted by Gasteiger charge is -2.07. The number of oxazole rings is 1. The van der Waals surface area contributed by atoms with Gasteiger partial charge in [0, 0.05) is 12.1 Å². The maximum Gasteiger partial charge on any atom is 0.234 e. The van der Waals surface area contributed by atoms with Crippen LogP contribution in [0.5, 0.6) is 0 Å². The van der Waals surface area contributed by atoms with Crippen LogP contribution in [-0.4, -0.2) is 13.4 Å². The number of rotatable bonds is 6. The van der Waals surface area contributed by atoms with Gasteiger partial charge in [-0.05, 0) is 61.0 Å². The summed E-state index contributed by atoms with van der Waals surface area (Å²) in [5.74, 6) is -0.821. The van der Waals surface area contributed by atoms with Crippen molar-refractivity contribution in [3.63, 3.8) is 0 Å². The Hall–Kier alpha value is -3.52. The van der Waals surface area contributed by atoms with Crippen LogP contribution in [0.2, 0.25) is 0 Å². The van der Waals surface area contributed by atoms with Crippen LogP contribution in [-0.2, 0) is 16.4 Å². The highest BCUT2D eigenvalue weighted by Gasteiger charge is 2.28. The van der Waals surface area contributed by atoms with Gasteiger partial charge in [0.25, 0.3) is 0 Å². The average Bonchev–Trinajstić information content (AvgIpc) is 3.19. The quantitative estimate of drug-likeness (QED) is 0.436. The van der Waals surface area contributed by atoms with Gasteiger partial charge >= 0.3 is 0 Å². The zero-order chi connectivity index (χ0) is 22.0. The summed E-state index contributed by atoms with van der Waals surface area (Å²) in [6.07, 6.45) is 0. The molecule has 0 amide bonds. The second-order valence-electron chi connectivity index (χ2n) is 6.96. The lowest BCUT2D eigenvalue weighted by molar-refractivity contribution is 0.576. The summed E-state index contributed by atoms with van der Waals surface area (Å²) in [6.45, 7) is 2.05. The zero-order valence-electron chi connectivity index (χ0n) is 16.5. The highest BCUT2D eigenvalue weighted by atomic mass is 32.2. The third-order valence-corrected chi connectivity index (χ3v) is 6.32. The van der Waals surface area contributed by atoms with Crippen molar-refractivity contribution in [3.8, 4) is 11.5 Å². The minimum Gasteiger partial charge on any atom is -0.419 e. The monoisotopic (exact) mass is 440 g/mol. The third-order valence-electron chi connectivity index (χ3n) is 4.64. The average molecular weight is 440 g/mol. The van der Waals surface area contributed by atoms with Crippen molar-refractivity contribution in [3.05, 3.63) is 95.6 Å². The molecule has 5 nitrogen and oxygen atoms in total. The maximum atomic E-state index is 13.3. The van der Waals surface area contributed by atoms with Gasteiger partial charge in [0.2, 0.25) is 26.6 Å². The molecule has 1 N–H and O–H groups in total. The smallest absolute Gasteiger partial charge is 0.234 e. The summed E-state index contributed by atoms with van der Waals surface area (Å²) in [4.78, 5) is 4.28. The molecule has 3 aromatic carbocycles. The van der Waals surface area contributed by atoms with Crippen molar-refractivity contribution in [2.24, 2.45) is 0 Å². The normalized spacial score (nSPS) is 11.5. The van der Waals surface area contributed by atoms with E-state index in [0.29, 0.717) is 5.56 Å². The van der Waals surface area contributed by atoms with Crippen LogP contribution in [0.1, 0.15) is 11.1 Å². The Kier molecular flexibility index (Phi) is 5.56. The van der Waals surface area contributed by atoms with Gasteiger partial charge in [-0.1, -0.05) is 29.8 Å². The highest BCUT2D eigenvalue weighted by Crippen LogP contribution is 2.32. The number of anilines is 1. The van der Waals surface area contributed by atoms with Crippen molar-refractivity contribution in [2.45, 2.75) is 23.4 Å².